The van der Waals surface area contributed by atoms with Crippen LogP contribution in [0.2, 0.25) is 0 Å². The molecule has 0 saturated carbocycles. The summed E-state index contributed by atoms with van der Waals surface area (Å²) in [5.74, 6) is 0.289. The Hall–Kier alpha value is -3.68. The zero-order valence-electron chi connectivity index (χ0n) is 16.8. The first-order valence-corrected chi connectivity index (χ1v) is 9.78. The van der Waals surface area contributed by atoms with Crippen LogP contribution in [0.3, 0.4) is 0 Å². The Morgan fingerprint density at radius 3 is 2.67 bits per heavy atom. The minimum Gasteiger partial charge on any atom is -0.459 e. The highest BCUT2D eigenvalue weighted by Gasteiger charge is 2.13. The van der Waals surface area contributed by atoms with Gasteiger partial charge < -0.3 is 14.6 Å². The topological polar surface area (TPSA) is 77.6 Å². The largest absolute Gasteiger partial charge is 0.459 e. The number of benzene rings is 1. The highest BCUT2D eigenvalue weighted by molar-refractivity contribution is 5.68. The molecule has 0 aliphatic heterocycles. The van der Waals surface area contributed by atoms with Crippen molar-refractivity contribution in [3.63, 3.8) is 0 Å². The van der Waals surface area contributed by atoms with Gasteiger partial charge in [0.1, 0.15) is 0 Å². The van der Waals surface area contributed by atoms with E-state index in [9.17, 15) is 9.60 Å². The molecule has 0 saturated heterocycles. The van der Waals surface area contributed by atoms with Gasteiger partial charge in [-0.05, 0) is 37.8 Å². The van der Waals surface area contributed by atoms with E-state index in [1.54, 1.807) is 12.1 Å². The smallest absolute Gasteiger partial charge is 0.416 e. The Morgan fingerprint density at radius 2 is 1.97 bits per heavy atom. The molecule has 0 aliphatic carbocycles. The highest BCUT2D eigenvalue weighted by atomic mass is 19.1. The molecular formula is C22H22FN5O2. The molecule has 0 amide bonds. The molecule has 0 bridgehead atoms. The lowest BCUT2D eigenvalue weighted by Crippen LogP contribution is -2.32. The van der Waals surface area contributed by atoms with Crippen LogP contribution in [0.5, 0.6) is 5.88 Å². The van der Waals surface area contributed by atoms with E-state index >= 15 is 0 Å². The zero-order chi connectivity index (χ0) is 21.1. The summed E-state index contributed by atoms with van der Waals surface area (Å²) in [4.78, 5) is 4.64. The first kappa shape index (κ1) is 19.6. The van der Waals surface area contributed by atoms with Crippen LogP contribution in [0.15, 0.2) is 54.7 Å². The van der Waals surface area contributed by atoms with Gasteiger partial charge in [0.15, 0.2) is 0 Å². The number of hydrogen-bond acceptors (Lipinski definition) is 4. The minimum absolute atomic E-state index is 0.267. The summed E-state index contributed by atoms with van der Waals surface area (Å²) >= 11 is 0. The molecule has 3 aromatic heterocycles. The normalized spacial score (nSPS) is 11.0. The average molecular weight is 407 g/mol. The van der Waals surface area contributed by atoms with Crippen LogP contribution in [0.4, 0.5) is 10.2 Å². The van der Waals surface area contributed by atoms with E-state index in [-0.39, 0.29) is 6.54 Å². The maximum Gasteiger partial charge on any atom is 0.416 e. The SMILES string of the molecule is CCOc1ccc(C[N-]c2cc(-c3ccccc3)nc3c(CC)c(F)nn23)c[n+]1O. The zero-order valence-corrected chi connectivity index (χ0v) is 16.8. The van der Waals surface area contributed by atoms with Gasteiger partial charge in [0, 0.05) is 21.4 Å². The van der Waals surface area contributed by atoms with Crippen LogP contribution in [-0.2, 0) is 13.0 Å². The second-order valence-corrected chi connectivity index (χ2v) is 6.69. The van der Waals surface area contributed by atoms with Gasteiger partial charge in [-0.2, -0.15) is 4.39 Å². The number of ether oxygens (including phenoxy) is 1. The van der Waals surface area contributed by atoms with Crippen molar-refractivity contribution in [2.75, 3.05) is 6.61 Å². The molecule has 0 aliphatic rings. The molecule has 4 rings (SSSR count). The van der Waals surface area contributed by atoms with Crippen molar-refractivity contribution < 1.29 is 19.1 Å². The number of nitrogens with zero attached hydrogens (tertiary/aromatic N) is 5. The standard InChI is InChI=1S/C22H22FN5O2/c1-3-17-21(23)26-28-19(12-18(25-22(17)28)16-8-6-5-7-9-16)24-13-15-10-11-20(30-4-2)27(29)14-15/h5-12,14,29H,3-4,13H2,1-2H3. The molecule has 1 N–H and O–H groups in total. The Labute approximate surface area is 173 Å². The minimum atomic E-state index is -0.541. The Balaban J connectivity index is 1.71. The Kier molecular flexibility index (Phi) is 5.47. The number of fused-ring (bicyclic) bond motifs is 1. The Morgan fingerprint density at radius 1 is 1.17 bits per heavy atom. The summed E-state index contributed by atoms with van der Waals surface area (Å²) in [6, 6.07) is 15.0. The molecule has 0 spiro atoms. The first-order valence-electron chi connectivity index (χ1n) is 9.78. The second-order valence-electron chi connectivity index (χ2n) is 6.69. The number of aryl methyl sites for hydroxylation is 1. The third kappa shape index (κ3) is 3.76. The van der Waals surface area contributed by atoms with Gasteiger partial charge in [-0.1, -0.05) is 37.3 Å². The quantitative estimate of drug-likeness (QED) is 0.367. The third-order valence-electron chi connectivity index (χ3n) is 4.71. The van der Waals surface area contributed by atoms with Gasteiger partial charge >= 0.3 is 5.88 Å². The van der Waals surface area contributed by atoms with Gasteiger partial charge in [0.05, 0.1) is 24.0 Å². The number of aromatic nitrogens is 4. The number of hydrogen-bond donors (Lipinski definition) is 1. The third-order valence-corrected chi connectivity index (χ3v) is 4.71. The molecule has 154 valence electrons. The van der Waals surface area contributed by atoms with Crippen LogP contribution >= 0.6 is 0 Å². The number of halogens is 1. The fourth-order valence-electron chi connectivity index (χ4n) is 3.24. The van der Waals surface area contributed by atoms with Crippen LogP contribution in [-0.4, -0.2) is 26.4 Å². The van der Waals surface area contributed by atoms with Crippen LogP contribution in [0.25, 0.3) is 22.2 Å². The molecule has 7 nitrogen and oxygen atoms in total. The first-order chi connectivity index (χ1) is 14.6. The van der Waals surface area contributed by atoms with Crippen LogP contribution in [0, 0.1) is 5.95 Å². The van der Waals surface area contributed by atoms with Crippen molar-refractivity contribution >= 4 is 11.5 Å². The van der Waals surface area contributed by atoms with Gasteiger partial charge in [-0.3, -0.25) is 10.2 Å². The lowest BCUT2D eigenvalue weighted by molar-refractivity contribution is -0.906. The van der Waals surface area contributed by atoms with Gasteiger partial charge in [0.2, 0.25) is 12.1 Å². The number of pyridine rings is 1. The molecule has 0 radical (unpaired) electrons. The van der Waals surface area contributed by atoms with E-state index in [4.69, 9.17) is 4.74 Å². The summed E-state index contributed by atoms with van der Waals surface area (Å²) in [5.41, 5.74) is 3.28. The number of rotatable bonds is 7. The van der Waals surface area contributed by atoms with Crippen molar-refractivity contribution in [1.29, 1.82) is 0 Å². The average Bonchev–Trinajstić information content (AvgIpc) is 3.09. The molecular weight excluding hydrogens is 385 g/mol. The summed E-state index contributed by atoms with van der Waals surface area (Å²) in [6.07, 6.45) is 2.01. The predicted molar refractivity (Wildman–Crippen MR) is 109 cm³/mol. The van der Waals surface area contributed by atoms with Gasteiger partial charge in [-0.25, -0.2) is 5.10 Å². The second kappa shape index (κ2) is 8.36. The molecule has 0 unspecified atom stereocenters. The van der Waals surface area contributed by atoms with E-state index in [1.165, 1.54) is 10.7 Å². The van der Waals surface area contributed by atoms with Crippen molar-refractivity contribution in [1.82, 2.24) is 14.6 Å². The lowest BCUT2D eigenvalue weighted by Gasteiger charge is -2.19. The van der Waals surface area contributed by atoms with Crippen molar-refractivity contribution in [2.45, 2.75) is 26.8 Å². The monoisotopic (exact) mass is 407 g/mol. The van der Waals surface area contributed by atoms with Crippen molar-refractivity contribution in [3.8, 4) is 17.1 Å². The molecule has 8 heteroatoms. The molecule has 0 atom stereocenters. The molecule has 0 fully saturated rings. The molecule has 1 aromatic carbocycles. The summed E-state index contributed by atoms with van der Waals surface area (Å²) in [5, 5.41) is 18.7. The van der Waals surface area contributed by atoms with Gasteiger partial charge in [-0.15, -0.1) is 0 Å². The Bertz CT molecular complexity index is 1180. The van der Waals surface area contributed by atoms with E-state index in [1.807, 2.05) is 50.2 Å². The summed E-state index contributed by atoms with van der Waals surface area (Å²) in [7, 11) is 0. The van der Waals surface area contributed by atoms with Crippen molar-refractivity contribution in [3.05, 3.63) is 77.1 Å². The molecule has 3 heterocycles. The summed E-state index contributed by atoms with van der Waals surface area (Å²) < 4.78 is 22.1. The van der Waals surface area contributed by atoms with E-state index < -0.39 is 5.95 Å². The van der Waals surface area contributed by atoms with Gasteiger partial charge in [0.25, 0.3) is 0 Å². The maximum absolute atomic E-state index is 14.4. The highest BCUT2D eigenvalue weighted by Crippen LogP contribution is 2.29. The van der Waals surface area contributed by atoms with Crippen molar-refractivity contribution in [2.24, 2.45) is 0 Å². The maximum atomic E-state index is 14.4. The fourth-order valence-corrected chi connectivity index (χ4v) is 3.24. The lowest BCUT2D eigenvalue weighted by atomic mass is 10.1. The molecule has 4 aromatic rings. The van der Waals surface area contributed by atoms with E-state index in [0.29, 0.717) is 41.6 Å². The van der Waals surface area contributed by atoms with E-state index in [0.717, 1.165) is 15.9 Å². The van der Waals surface area contributed by atoms with Crippen LogP contribution in [0.1, 0.15) is 25.0 Å². The summed E-state index contributed by atoms with van der Waals surface area (Å²) in [6.45, 7) is 4.43. The molecule has 30 heavy (non-hydrogen) atoms. The van der Waals surface area contributed by atoms with Crippen LogP contribution < -0.4 is 9.47 Å². The fraction of sp³-hybridized carbons (Fsp3) is 0.227. The predicted octanol–water partition coefficient (Wildman–Crippen LogP) is 4.23. The van der Waals surface area contributed by atoms with E-state index in [2.05, 4.69) is 15.4 Å².